The van der Waals surface area contributed by atoms with Gasteiger partial charge in [0.25, 0.3) is 0 Å². The number of nitrogens with one attached hydrogen (secondary N) is 1. The summed E-state index contributed by atoms with van der Waals surface area (Å²) in [7, 11) is -1.17. The fourth-order valence-electron chi connectivity index (χ4n) is 5.93. The Morgan fingerprint density at radius 2 is 1.84 bits per heavy atom. The first-order valence-corrected chi connectivity index (χ1v) is 18.1. The van der Waals surface area contributed by atoms with Gasteiger partial charge in [-0.05, 0) is 70.0 Å². The van der Waals surface area contributed by atoms with Crippen LogP contribution < -0.4 is 10.1 Å². The van der Waals surface area contributed by atoms with E-state index in [2.05, 4.69) is 25.0 Å². The zero-order valence-corrected chi connectivity index (χ0v) is 26.0. The van der Waals surface area contributed by atoms with Crippen molar-refractivity contribution in [2.24, 2.45) is 5.41 Å². The standard InChI is InChI=1S/C28H42Cl2N2O5Si/c1-27(2,3)37-26(34)31-19-12-28(13-19)14-20(15-28)32-16-18(11-23(32)33)24-22(8-7-21(29)25(24)30)36-17-35-9-10-38(4,5)6/h7-8,18-20H,9-17H2,1-6H3,(H,31,34). The molecule has 7 nitrogen and oxygen atoms in total. The Hall–Kier alpha value is -1.48. The normalized spacial score (nSPS) is 27.2. The molecule has 1 aromatic carbocycles. The first-order chi connectivity index (χ1) is 17.6. The third-order valence-electron chi connectivity index (χ3n) is 7.81. The van der Waals surface area contributed by atoms with Gasteiger partial charge in [0, 0.05) is 51.2 Å². The maximum atomic E-state index is 13.1. The van der Waals surface area contributed by atoms with Gasteiger partial charge in [-0.1, -0.05) is 42.8 Å². The summed E-state index contributed by atoms with van der Waals surface area (Å²) in [6.07, 6.45) is 3.84. The van der Waals surface area contributed by atoms with Gasteiger partial charge >= 0.3 is 6.09 Å². The smallest absolute Gasteiger partial charge is 0.407 e. The summed E-state index contributed by atoms with van der Waals surface area (Å²) in [4.78, 5) is 27.1. The summed E-state index contributed by atoms with van der Waals surface area (Å²) in [5.41, 5.74) is 0.512. The molecule has 1 N–H and O–H groups in total. The molecular weight excluding hydrogens is 543 g/mol. The average Bonchev–Trinajstić information content (AvgIpc) is 3.09. The lowest BCUT2D eigenvalue weighted by Gasteiger charge is -2.59. The van der Waals surface area contributed by atoms with Gasteiger partial charge in [0.2, 0.25) is 5.91 Å². The molecule has 1 spiro atoms. The lowest BCUT2D eigenvalue weighted by Crippen LogP contribution is -2.61. The minimum Gasteiger partial charge on any atom is -0.467 e. The zero-order valence-electron chi connectivity index (χ0n) is 23.5. The van der Waals surface area contributed by atoms with E-state index in [-0.39, 0.29) is 42.2 Å². The highest BCUT2D eigenvalue weighted by Gasteiger charge is 2.56. The largest absolute Gasteiger partial charge is 0.467 e. The monoisotopic (exact) mass is 584 g/mol. The Morgan fingerprint density at radius 1 is 1.16 bits per heavy atom. The Kier molecular flexibility index (Phi) is 8.68. The highest BCUT2D eigenvalue weighted by molar-refractivity contribution is 6.76. The van der Waals surface area contributed by atoms with Gasteiger partial charge in [0.15, 0.2) is 6.79 Å². The fourth-order valence-corrected chi connectivity index (χ4v) is 7.16. The second-order valence-electron chi connectivity index (χ2n) is 13.5. The third kappa shape index (κ3) is 7.17. The number of carbonyl (C=O) groups excluding carboxylic acids is 2. The lowest BCUT2D eigenvalue weighted by atomic mass is 9.52. The van der Waals surface area contributed by atoms with Crippen molar-refractivity contribution in [3.05, 3.63) is 27.7 Å². The van der Waals surface area contributed by atoms with Crippen molar-refractivity contribution < 1.29 is 23.8 Å². The number of rotatable bonds is 9. The van der Waals surface area contributed by atoms with E-state index in [1.54, 1.807) is 6.07 Å². The molecule has 2 saturated carbocycles. The van der Waals surface area contributed by atoms with Crippen LogP contribution in [0.1, 0.15) is 64.4 Å². The van der Waals surface area contributed by atoms with Crippen molar-refractivity contribution in [3.63, 3.8) is 0 Å². The number of nitrogens with zero attached hydrogens (tertiary/aromatic N) is 1. The maximum absolute atomic E-state index is 13.1. The quantitative estimate of drug-likeness (QED) is 0.195. The van der Waals surface area contributed by atoms with Gasteiger partial charge in [-0.2, -0.15) is 0 Å². The molecule has 1 unspecified atom stereocenters. The van der Waals surface area contributed by atoms with Gasteiger partial charge < -0.3 is 24.4 Å². The van der Waals surface area contributed by atoms with Crippen molar-refractivity contribution in [2.45, 2.75) is 102 Å². The minimum atomic E-state index is -1.17. The summed E-state index contributed by atoms with van der Waals surface area (Å²) in [5, 5.41) is 3.89. The van der Waals surface area contributed by atoms with Crippen LogP contribution in [-0.2, 0) is 14.3 Å². The Morgan fingerprint density at radius 3 is 2.47 bits per heavy atom. The second kappa shape index (κ2) is 11.2. The van der Waals surface area contributed by atoms with Gasteiger partial charge in [0.05, 0.1) is 10.0 Å². The molecular formula is C28H42Cl2N2O5Si. The Labute approximate surface area is 237 Å². The van der Waals surface area contributed by atoms with Crippen molar-refractivity contribution in [3.8, 4) is 5.75 Å². The molecule has 1 saturated heterocycles. The van der Waals surface area contributed by atoms with E-state index in [4.69, 9.17) is 37.4 Å². The predicted octanol–water partition coefficient (Wildman–Crippen LogP) is 6.84. The molecule has 38 heavy (non-hydrogen) atoms. The van der Waals surface area contributed by atoms with Crippen LogP contribution >= 0.6 is 23.2 Å². The van der Waals surface area contributed by atoms with Gasteiger partial charge in [-0.25, -0.2) is 4.79 Å². The molecule has 10 heteroatoms. The van der Waals surface area contributed by atoms with Crippen LogP contribution in [0.15, 0.2) is 12.1 Å². The maximum Gasteiger partial charge on any atom is 0.407 e. The van der Waals surface area contributed by atoms with Crippen LogP contribution in [0.25, 0.3) is 0 Å². The van der Waals surface area contributed by atoms with E-state index < -0.39 is 13.7 Å². The molecule has 0 radical (unpaired) electrons. The molecule has 1 aliphatic heterocycles. The van der Waals surface area contributed by atoms with Crippen LogP contribution in [0, 0.1) is 5.41 Å². The number of carbonyl (C=O) groups is 2. The minimum absolute atomic E-state index is 0.0785. The van der Waals surface area contributed by atoms with E-state index in [0.29, 0.717) is 35.4 Å². The van der Waals surface area contributed by atoms with Crippen molar-refractivity contribution in [1.82, 2.24) is 10.2 Å². The Bertz CT molecular complexity index is 1040. The van der Waals surface area contributed by atoms with E-state index in [1.807, 2.05) is 31.7 Å². The van der Waals surface area contributed by atoms with Crippen LogP contribution in [0.5, 0.6) is 5.75 Å². The van der Waals surface area contributed by atoms with Crippen LogP contribution in [-0.4, -0.2) is 62.6 Å². The summed E-state index contributed by atoms with van der Waals surface area (Å²) >= 11 is 13.0. The second-order valence-corrected chi connectivity index (χ2v) is 19.9. The topological polar surface area (TPSA) is 77.1 Å². The first-order valence-electron chi connectivity index (χ1n) is 13.6. The number of likely N-dealkylation sites (tertiary alicyclic amines) is 1. The lowest BCUT2D eigenvalue weighted by molar-refractivity contribution is -0.138. The summed E-state index contributed by atoms with van der Waals surface area (Å²) in [6, 6.07) is 4.99. The number of hydrogen-bond donors (Lipinski definition) is 1. The number of benzene rings is 1. The molecule has 1 heterocycles. The molecule has 1 aromatic rings. The highest BCUT2D eigenvalue weighted by Crippen LogP contribution is 2.58. The summed E-state index contributed by atoms with van der Waals surface area (Å²) in [6.45, 7) is 13.9. The molecule has 2 aliphatic carbocycles. The number of halogens is 2. The zero-order chi connectivity index (χ0) is 27.9. The number of ether oxygens (including phenoxy) is 3. The number of alkyl carbamates (subject to hydrolysis) is 1. The van der Waals surface area contributed by atoms with E-state index in [0.717, 1.165) is 37.3 Å². The molecule has 3 fully saturated rings. The van der Waals surface area contributed by atoms with E-state index in [9.17, 15) is 9.59 Å². The molecule has 4 rings (SSSR count). The average molecular weight is 586 g/mol. The van der Waals surface area contributed by atoms with E-state index in [1.165, 1.54) is 0 Å². The molecule has 2 amide bonds. The molecule has 1 atom stereocenters. The van der Waals surface area contributed by atoms with Crippen molar-refractivity contribution in [1.29, 1.82) is 0 Å². The number of amides is 2. The predicted molar refractivity (Wildman–Crippen MR) is 153 cm³/mol. The third-order valence-corrected chi connectivity index (χ3v) is 10.3. The molecule has 0 aromatic heterocycles. The highest BCUT2D eigenvalue weighted by atomic mass is 35.5. The molecule has 212 valence electrons. The van der Waals surface area contributed by atoms with Gasteiger partial charge in [0.1, 0.15) is 11.4 Å². The van der Waals surface area contributed by atoms with Crippen molar-refractivity contribution >= 4 is 43.3 Å². The van der Waals surface area contributed by atoms with Gasteiger partial charge in [-0.3, -0.25) is 4.79 Å². The summed E-state index contributed by atoms with van der Waals surface area (Å²) in [5.74, 6) is 0.698. The van der Waals surface area contributed by atoms with Crippen LogP contribution in [0.3, 0.4) is 0 Å². The Balaban J connectivity index is 1.30. The van der Waals surface area contributed by atoms with Crippen LogP contribution in [0.4, 0.5) is 4.79 Å². The van der Waals surface area contributed by atoms with E-state index >= 15 is 0 Å². The van der Waals surface area contributed by atoms with Gasteiger partial charge in [-0.15, -0.1) is 0 Å². The summed E-state index contributed by atoms with van der Waals surface area (Å²) < 4.78 is 17.1. The first kappa shape index (κ1) is 29.5. The van der Waals surface area contributed by atoms with Crippen molar-refractivity contribution in [2.75, 3.05) is 19.9 Å². The number of hydrogen-bond acceptors (Lipinski definition) is 5. The molecule has 0 bridgehead atoms. The molecule has 3 aliphatic rings. The SMILES string of the molecule is CC(C)(C)OC(=O)NC1CC2(C1)CC(N1CC(c3c(OCOCC[Si](C)(C)C)ccc(Cl)c3Cl)CC1=O)C2. The van der Waals surface area contributed by atoms with Crippen LogP contribution in [0.2, 0.25) is 35.7 Å². The fraction of sp³-hybridized carbons (Fsp3) is 0.714.